The molecule has 0 bridgehead atoms. The van der Waals surface area contributed by atoms with Gasteiger partial charge in [0, 0.05) is 30.3 Å². The zero-order chi connectivity index (χ0) is 19.9. The van der Waals surface area contributed by atoms with Crippen molar-refractivity contribution in [2.45, 2.75) is 60.0 Å². The molecule has 5 heteroatoms. The first-order chi connectivity index (χ1) is 11.7. The van der Waals surface area contributed by atoms with E-state index in [2.05, 4.69) is 6.58 Å². The molecule has 1 rings (SSSR count). The first kappa shape index (κ1) is 25.1. The lowest BCUT2D eigenvalue weighted by Gasteiger charge is -2.19. The number of anilines is 1. The van der Waals surface area contributed by atoms with E-state index < -0.39 is 5.60 Å². The largest absolute Gasteiger partial charge is 0.497 e. The molecule has 1 aromatic carbocycles. The molecule has 25 heavy (non-hydrogen) atoms. The summed E-state index contributed by atoms with van der Waals surface area (Å²) in [6.45, 7) is 15.2. The predicted molar refractivity (Wildman–Crippen MR) is 105 cm³/mol. The summed E-state index contributed by atoms with van der Waals surface area (Å²) in [5.41, 5.74) is 5.85. The Kier molecular flexibility index (Phi) is 14.2. The maximum atomic E-state index is 11.5. The van der Waals surface area contributed by atoms with Gasteiger partial charge in [-0.3, -0.25) is 4.79 Å². The number of benzene rings is 1. The van der Waals surface area contributed by atoms with Gasteiger partial charge in [0.1, 0.15) is 17.1 Å². The van der Waals surface area contributed by atoms with Crippen LogP contribution < -0.4 is 15.2 Å². The highest BCUT2D eigenvalue weighted by molar-refractivity contribution is 5.69. The van der Waals surface area contributed by atoms with Gasteiger partial charge < -0.3 is 19.9 Å². The molecule has 0 atom stereocenters. The van der Waals surface area contributed by atoms with Crippen LogP contribution in [0.1, 0.15) is 54.4 Å². The molecular weight excluding hydrogens is 318 g/mol. The Labute approximate surface area is 153 Å². The summed E-state index contributed by atoms with van der Waals surface area (Å²) in [5.74, 6) is 1.06. The molecule has 2 N–H and O–H groups in total. The average Bonchev–Trinajstić information content (AvgIpc) is 2.52. The SMILES string of the molecule is C=CC.CC.COc1cc(N)cc(OCCCC(=O)OC(C)(C)C)c1. The van der Waals surface area contributed by atoms with Gasteiger partial charge in [0.25, 0.3) is 0 Å². The molecule has 0 aliphatic rings. The van der Waals surface area contributed by atoms with Crippen molar-refractivity contribution in [1.82, 2.24) is 0 Å². The van der Waals surface area contributed by atoms with Crippen molar-refractivity contribution in [3.8, 4) is 11.5 Å². The van der Waals surface area contributed by atoms with E-state index in [1.807, 2.05) is 41.5 Å². The summed E-state index contributed by atoms with van der Waals surface area (Å²) in [6, 6.07) is 5.19. The van der Waals surface area contributed by atoms with E-state index in [-0.39, 0.29) is 5.97 Å². The van der Waals surface area contributed by atoms with Crippen molar-refractivity contribution in [3.05, 3.63) is 30.9 Å². The van der Waals surface area contributed by atoms with Crippen LogP contribution in [-0.2, 0) is 9.53 Å². The molecule has 0 aliphatic carbocycles. The molecule has 0 saturated carbocycles. The molecule has 0 heterocycles. The first-order valence-corrected chi connectivity index (χ1v) is 8.58. The lowest BCUT2D eigenvalue weighted by molar-refractivity contribution is -0.155. The second-order valence-electron chi connectivity index (χ2n) is 5.89. The molecular formula is C20H35NO4. The van der Waals surface area contributed by atoms with E-state index in [9.17, 15) is 4.79 Å². The number of carbonyl (C=O) groups excluding carboxylic acids is 1. The van der Waals surface area contributed by atoms with Gasteiger partial charge in [-0.1, -0.05) is 19.9 Å². The van der Waals surface area contributed by atoms with E-state index >= 15 is 0 Å². The molecule has 0 unspecified atom stereocenters. The molecule has 0 amide bonds. The van der Waals surface area contributed by atoms with Crippen LogP contribution in [0, 0.1) is 0 Å². The van der Waals surface area contributed by atoms with E-state index in [0.717, 1.165) is 0 Å². The number of nitrogens with two attached hydrogens (primary N) is 1. The lowest BCUT2D eigenvalue weighted by atomic mass is 10.2. The Morgan fingerprint density at radius 2 is 1.72 bits per heavy atom. The zero-order valence-electron chi connectivity index (χ0n) is 16.8. The van der Waals surface area contributed by atoms with Gasteiger partial charge in [-0.15, -0.1) is 6.58 Å². The minimum atomic E-state index is -0.445. The van der Waals surface area contributed by atoms with Gasteiger partial charge in [-0.2, -0.15) is 0 Å². The lowest BCUT2D eigenvalue weighted by Crippen LogP contribution is -2.23. The van der Waals surface area contributed by atoms with Crippen molar-refractivity contribution < 1.29 is 19.0 Å². The third-order valence-corrected chi connectivity index (χ3v) is 2.35. The molecule has 0 spiro atoms. The summed E-state index contributed by atoms with van der Waals surface area (Å²) in [7, 11) is 1.57. The van der Waals surface area contributed by atoms with E-state index in [1.54, 1.807) is 31.4 Å². The van der Waals surface area contributed by atoms with Crippen LogP contribution in [0.4, 0.5) is 5.69 Å². The fourth-order valence-electron chi connectivity index (χ4n) is 1.59. The summed E-state index contributed by atoms with van der Waals surface area (Å²) in [6.07, 6.45) is 2.67. The highest BCUT2D eigenvalue weighted by Crippen LogP contribution is 2.24. The maximum Gasteiger partial charge on any atom is 0.306 e. The van der Waals surface area contributed by atoms with Crippen LogP contribution in [0.2, 0.25) is 0 Å². The smallest absolute Gasteiger partial charge is 0.306 e. The summed E-state index contributed by atoms with van der Waals surface area (Å²) >= 11 is 0. The standard InChI is InChI=1S/C15H23NO4.C3H6.C2H6/c1-15(2,3)20-14(17)6-5-7-19-13-9-11(16)8-12(10-13)18-4;1-3-2;1-2/h8-10H,5-7,16H2,1-4H3;3H,1H2,2H3;1-2H3. The Morgan fingerprint density at radius 1 is 1.20 bits per heavy atom. The molecule has 0 saturated heterocycles. The fourth-order valence-corrected chi connectivity index (χ4v) is 1.59. The summed E-state index contributed by atoms with van der Waals surface area (Å²) < 4.78 is 15.9. The average molecular weight is 354 g/mol. The van der Waals surface area contributed by atoms with Crippen molar-refractivity contribution in [2.75, 3.05) is 19.5 Å². The third-order valence-electron chi connectivity index (χ3n) is 2.35. The van der Waals surface area contributed by atoms with E-state index in [4.69, 9.17) is 19.9 Å². The highest BCUT2D eigenvalue weighted by atomic mass is 16.6. The van der Waals surface area contributed by atoms with Crippen LogP contribution >= 0.6 is 0 Å². The molecule has 0 aliphatic heterocycles. The van der Waals surface area contributed by atoms with Crippen molar-refractivity contribution in [3.63, 3.8) is 0 Å². The molecule has 0 aromatic heterocycles. The maximum absolute atomic E-state index is 11.5. The number of carbonyl (C=O) groups is 1. The Balaban J connectivity index is 0. The number of rotatable bonds is 6. The Morgan fingerprint density at radius 3 is 2.20 bits per heavy atom. The molecule has 144 valence electrons. The summed E-state index contributed by atoms with van der Waals surface area (Å²) in [5, 5.41) is 0. The van der Waals surface area contributed by atoms with Gasteiger partial charge in [-0.25, -0.2) is 0 Å². The topological polar surface area (TPSA) is 70.8 Å². The van der Waals surface area contributed by atoms with Gasteiger partial charge in [0.15, 0.2) is 0 Å². The van der Waals surface area contributed by atoms with E-state index in [0.29, 0.717) is 36.6 Å². The second kappa shape index (κ2) is 14.2. The number of hydrogen-bond acceptors (Lipinski definition) is 5. The first-order valence-electron chi connectivity index (χ1n) is 8.58. The van der Waals surface area contributed by atoms with Gasteiger partial charge in [-0.05, 0) is 34.1 Å². The number of esters is 1. The number of methoxy groups -OCH3 is 1. The number of ether oxygens (including phenoxy) is 3. The molecule has 1 aromatic rings. The van der Waals surface area contributed by atoms with Gasteiger partial charge in [0.05, 0.1) is 13.7 Å². The van der Waals surface area contributed by atoms with Gasteiger partial charge >= 0.3 is 5.97 Å². The van der Waals surface area contributed by atoms with Crippen LogP contribution in [0.15, 0.2) is 30.9 Å². The Bertz CT molecular complexity index is 493. The zero-order valence-corrected chi connectivity index (χ0v) is 16.8. The molecule has 0 radical (unpaired) electrons. The fraction of sp³-hybridized carbons (Fsp3) is 0.550. The van der Waals surface area contributed by atoms with Crippen LogP contribution in [0.5, 0.6) is 11.5 Å². The molecule has 0 fully saturated rings. The van der Waals surface area contributed by atoms with Crippen LogP contribution in [0.25, 0.3) is 0 Å². The van der Waals surface area contributed by atoms with Crippen LogP contribution in [-0.4, -0.2) is 25.3 Å². The van der Waals surface area contributed by atoms with Crippen molar-refractivity contribution in [2.24, 2.45) is 0 Å². The quantitative estimate of drug-likeness (QED) is 0.337. The van der Waals surface area contributed by atoms with Crippen molar-refractivity contribution >= 4 is 11.7 Å². The second-order valence-corrected chi connectivity index (χ2v) is 5.89. The van der Waals surface area contributed by atoms with Gasteiger partial charge in [0.2, 0.25) is 0 Å². The minimum Gasteiger partial charge on any atom is -0.497 e. The minimum absolute atomic E-state index is 0.216. The van der Waals surface area contributed by atoms with Crippen molar-refractivity contribution in [1.29, 1.82) is 0 Å². The predicted octanol–water partition coefficient (Wildman–Crippen LogP) is 5.00. The normalized spacial score (nSPS) is 9.56. The number of nitrogen functional groups attached to an aromatic ring is 1. The monoisotopic (exact) mass is 353 g/mol. The molecule has 5 nitrogen and oxygen atoms in total. The highest BCUT2D eigenvalue weighted by Gasteiger charge is 2.15. The Hall–Kier alpha value is -2.17. The number of allylic oxidation sites excluding steroid dienone is 1. The summed E-state index contributed by atoms with van der Waals surface area (Å²) in [4.78, 5) is 11.5. The van der Waals surface area contributed by atoms with Crippen LogP contribution in [0.3, 0.4) is 0 Å². The van der Waals surface area contributed by atoms with E-state index in [1.165, 1.54) is 0 Å². The number of hydrogen-bond donors (Lipinski definition) is 1. The third kappa shape index (κ3) is 15.1.